The number of methoxy groups -OCH3 is 1. The lowest BCUT2D eigenvalue weighted by Gasteiger charge is -2.35. The summed E-state index contributed by atoms with van der Waals surface area (Å²) < 4.78 is 5.02. The van der Waals surface area contributed by atoms with Gasteiger partial charge in [0.1, 0.15) is 0 Å². The van der Waals surface area contributed by atoms with E-state index in [1.807, 2.05) is 11.8 Å². The van der Waals surface area contributed by atoms with Crippen LogP contribution in [0.1, 0.15) is 26.2 Å². The Morgan fingerprint density at radius 2 is 1.54 bits per heavy atom. The Morgan fingerprint density at radius 1 is 0.958 bits per heavy atom. The molecule has 0 spiro atoms. The van der Waals surface area contributed by atoms with Crippen LogP contribution < -0.4 is 5.32 Å². The average Bonchev–Trinajstić information content (AvgIpc) is 2.57. The summed E-state index contributed by atoms with van der Waals surface area (Å²) in [6.07, 6.45) is 3.51. The molecule has 0 bridgehead atoms. The minimum atomic E-state index is 0.0333. The number of likely N-dealkylation sites (tertiary alicyclic amines) is 1. The second-order valence-electron chi connectivity index (χ2n) is 6.92. The molecule has 0 aromatic heterocycles. The number of rotatable bonds is 7. The monoisotopic (exact) mass is 340 g/mol. The van der Waals surface area contributed by atoms with E-state index < -0.39 is 0 Å². The number of carbonyl (C=O) groups excluding carboxylic acids is 2. The van der Waals surface area contributed by atoms with Crippen LogP contribution in [0.2, 0.25) is 0 Å². The van der Waals surface area contributed by atoms with Crippen molar-refractivity contribution in [1.29, 1.82) is 0 Å². The van der Waals surface area contributed by atoms with E-state index >= 15 is 0 Å². The van der Waals surface area contributed by atoms with Crippen molar-refractivity contribution in [3.63, 3.8) is 0 Å². The summed E-state index contributed by atoms with van der Waals surface area (Å²) in [6, 6.07) is 0.0333. The summed E-state index contributed by atoms with van der Waals surface area (Å²) in [7, 11) is 1.63. The maximum absolute atomic E-state index is 12.3. The summed E-state index contributed by atoms with van der Waals surface area (Å²) in [6.45, 7) is 8.59. The van der Waals surface area contributed by atoms with Crippen molar-refractivity contribution >= 4 is 11.8 Å². The third kappa shape index (κ3) is 6.37. The number of piperazine rings is 1. The van der Waals surface area contributed by atoms with E-state index in [9.17, 15) is 9.59 Å². The smallest absolute Gasteiger partial charge is 0.236 e. The van der Waals surface area contributed by atoms with Crippen molar-refractivity contribution in [2.24, 2.45) is 0 Å². The van der Waals surface area contributed by atoms with E-state index in [4.69, 9.17) is 4.74 Å². The van der Waals surface area contributed by atoms with Crippen molar-refractivity contribution in [3.8, 4) is 0 Å². The first kappa shape index (κ1) is 19.1. The van der Waals surface area contributed by atoms with Gasteiger partial charge in [0.25, 0.3) is 0 Å². The molecule has 0 aromatic carbocycles. The van der Waals surface area contributed by atoms with E-state index in [1.165, 1.54) is 6.42 Å². The molecule has 0 radical (unpaired) electrons. The molecule has 7 nitrogen and oxygen atoms in total. The van der Waals surface area contributed by atoms with Gasteiger partial charge in [-0.1, -0.05) is 0 Å². The van der Waals surface area contributed by atoms with Crippen LogP contribution in [-0.2, 0) is 14.3 Å². The van der Waals surface area contributed by atoms with Crippen LogP contribution in [0.3, 0.4) is 0 Å². The first-order valence-electron chi connectivity index (χ1n) is 9.09. The molecule has 0 saturated carbocycles. The SMILES string of the molecule is COCC(C)NC(=O)CN1CCN(CC(=O)N2CCCCC2)CC1. The summed E-state index contributed by atoms with van der Waals surface area (Å²) >= 11 is 0. The molecule has 2 amide bonds. The fourth-order valence-electron chi connectivity index (χ4n) is 3.36. The summed E-state index contributed by atoms with van der Waals surface area (Å²) in [5.41, 5.74) is 0. The van der Waals surface area contributed by atoms with Crippen LogP contribution >= 0.6 is 0 Å². The zero-order chi connectivity index (χ0) is 17.4. The van der Waals surface area contributed by atoms with Gasteiger partial charge in [0, 0.05) is 52.4 Å². The van der Waals surface area contributed by atoms with Crippen LogP contribution in [0, 0.1) is 0 Å². The fourth-order valence-corrected chi connectivity index (χ4v) is 3.36. The Bertz CT molecular complexity index is 405. The van der Waals surface area contributed by atoms with Gasteiger partial charge in [0.2, 0.25) is 11.8 Å². The molecule has 138 valence electrons. The molecule has 1 N–H and O–H groups in total. The molecule has 2 aliphatic rings. The van der Waals surface area contributed by atoms with E-state index in [0.717, 1.165) is 52.1 Å². The number of ether oxygens (including phenoxy) is 1. The number of carbonyl (C=O) groups is 2. The zero-order valence-corrected chi connectivity index (χ0v) is 15.1. The van der Waals surface area contributed by atoms with Gasteiger partial charge < -0.3 is 15.0 Å². The maximum Gasteiger partial charge on any atom is 0.236 e. The Balaban J connectivity index is 1.64. The second-order valence-corrected chi connectivity index (χ2v) is 6.92. The summed E-state index contributed by atoms with van der Waals surface area (Å²) in [5, 5.41) is 2.93. The van der Waals surface area contributed by atoms with E-state index in [0.29, 0.717) is 19.7 Å². The van der Waals surface area contributed by atoms with E-state index in [1.54, 1.807) is 7.11 Å². The average molecular weight is 340 g/mol. The van der Waals surface area contributed by atoms with E-state index in [-0.39, 0.29) is 17.9 Å². The minimum Gasteiger partial charge on any atom is -0.383 e. The van der Waals surface area contributed by atoms with Gasteiger partial charge in [-0.2, -0.15) is 0 Å². The quantitative estimate of drug-likeness (QED) is 0.693. The standard InChI is InChI=1S/C17H32N4O3/c1-15(14-24-2)18-16(22)12-19-8-10-20(11-9-19)13-17(23)21-6-4-3-5-7-21/h15H,3-14H2,1-2H3,(H,18,22). The first-order chi connectivity index (χ1) is 11.6. The highest BCUT2D eigenvalue weighted by Crippen LogP contribution is 2.10. The molecule has 0 aliphatic carbocycles. The van der Waals surface area contributed by atoms with Gasteiger partial charge in [0.15, 0.2) is 0 Å². The van der Waals surface area contributed by atoms with Crippen molar-refractivity contribution in [2.45, 2.75) is 32.2 Å². The predicted octanol–water partition coefficient (Wildman–Crippen LogP) is -0.232. The first-order valence-corrected chi connectivity index (χ1v) is 9.09. The van der Waals surface area contributed by atoms with Crippen LogP contribution in [0.15, 0.2) is 0 Å². The topological polar surface area (TPSA) is 65.1 Å². The number of nitrogens with zero attached hydrogens (tertiary/aromatic N) is 3. The van der Waals surface area contributed by atoms with Gasteiger partial charge in [-0.15, -0.1) is 0 Å². The van der Waals surface area contributed by atoms with Gasteiger partial charge in [-0.05, 0) is 26.2 Å². The molecule has 1 unspecified atom stereocenters. The minimum absolute atomic E-state index is 0.0333. The van der Waals surface area contributed by atoms with Crippen molar-refractivity contribution in [2.75, 3.05) is 66.1 Å². The highest BCUT2D eigenvalue weighted by atomic mass is 16.5. The van der Waals surface area contributed by atoms with Gasteiger partial charge in [-0.3, -0.25) is 19.4 Å². The Kier molecular flexibility index (Phi) is 7.94. The normalized spacial score (nSPS) is 21.5. The molecule has 2 heterocycles. The van der Waals surface area contributed by atoms with E-state index in [2.05, 4.69) is 15.1 Å². The number of piperidine rings is 1. The Morgan fingerprint density at radius 3 is 2.12 bits per heavy atom. The molecule has 1 atom stereocenters. The van der Waals surface area contributed by atoms with Crippen LogP contribution in [0.25, 0.3) is 0 Å². The molecule has 24 heavy (non-hydrogen) atoms. The number of hydrogen-bond acceptors (Lipinski definition) is 5. The van der Waals surface area contributed by atoms with Gasteiger partial charge >= 0.3 is 0 Å². The molecule has 2 aliphatic heterocycles. The lowest BCUT2D eigenvalue weighted by atomic mass is 10.1. The maximum atomic E-state index is 12.3. The Labute approximate surface area is 145 Å². The number of amides is 2. The largest absolute Gasteiger partial charge is 0.383 e. The number of hydrogen-bond donors (Lipinski definition) is 1. The van der Waals surface area contributed by atoms with Crippen molar-refractivity contribution in [3.05, 3.63) is 0 Å². The van der Waals surface area contributed by atoms with Crippen LogP contribution in [-0.4, -0.2) is 98.6 Å². The van der Waals surface area contributed by atoms with Crippen LogP contribution in [0.5, 0.6) is 0 Å². The third-order valence-electron chi connectivity index (χ3n) is 4.72. The molecular formula is C17H32N4O3. The molecule has 2 saturated heterocycles. The molecule has 2 fully saturated rings. The summed E-state index contributed by atoms with van der Waals surface area (Å²) in [4.78, 5) is 30.6. The molecule has 2 rings (SSSR count). The van der Waals surface area contributed by atoms with Crippen LogP contribution in [0.4, 0.5) is 0 Å². The number of nitrogens with one attached hydrogen (secondary N) is 1. The molecular weight excluding hydrogens is 308 g/mol. The predicted molar refractivity (Wildman–Crippen MR) is 92.8 cm³/mol. The lowest BCUT2D eigenvalue weighted by molar-refractivity contribution is -0.134. The highest BCUT2D eigenvalue weighted by Gasteiger charge is 2.23. The third-order valence-corrected chi connectivity index (χ3v) is 4.72. The summed E-state index contributed by atoms with van der Waals surface area (Å²) in [5.74, 6) is 0.298. The van der Waals surface area contributed by atoms with Gasteiger partial charge in [0.05, 0.1) is 19.7 Å². The van der Waals surface area contributed by atoms with Gasteiger partial charge in [-0.25, -0.2) is 0 Å². The highest BCUT2D eigenvalue weighted by molar-refractivity contribution is 5.79. The van der Waals surface area contributed by atoms with Crippen molar-refractivity contribution in [1.82, 2.24) is 20.0 Å². The zero-order valence-electron chi connectivity index (χ0n) is 15.1. The fraction of sp³-hybridized carbons (Fsp3) is 0.882. The Hall–Kier alpha value is -1.18. The van der Waals surface area contributed by atoms with Crippen molar-refractivity contribution < 1.29 is 14.3 Å². The second kappa shape index (κ2) is 9.96. The lowest BCUT2D eigenvalue weighted by Crippen LogP contribution is -2.53. The molecule has 7 heteroatoms. The molecule has 0 aromatic rings.